The number of rotatable bonds is 3. The van der Waals surface area contributed by atoms with Gasteiger partial charge in [-0.15, -0.1) is 0 Å². The molecule has 1 aliphatic heterocycles. The lowest BCUT2D eigenvalue weighted by Gasteiger charge is -2.26. The van der Waals surface area contributed by atoms with E-state index in [1.54, 1.807) is 0 Å². The van der Waals surface area contributed by atoms with Gasteiger partial charge in [0, 0.05) is 23.7 Å². The van der Waals surface area contributed by atoms with Crippen molar-refractivity contribution in [3.63, 3.8) is 0 Å². The van der Waals surface area contributed by atoms with Crippen LogP contribution < -0.4 is 0 Å². The van der Waals surface area contributed by atoms with Crippen LogP contribution in [0.3, 0.4) is 0 Å². The summed E-state index contributed by atoms with van der Waals surface area (Å²) in [7, 11) is 0. The number of aromatic nitrogens is 3. The Kier molecular flexibility index (Phi) is 4.16. The van der Waals surface area contributed by atoms with Gasteiger partial charge in [0.25, 0.3) is 0 Å². The Hall–Kier alpha value is -1.21. The SMILES string of the molecule is S=c1nc(-c2ccc(Cl)cc2)[nH]n1CN1CCOCC1. The maximum absolute atomic E-state index is 5.89. The van der Waals surface area contributed by atoms with E-state index in [4.69, 9.17) is 28.6 Å². The number of morpholine rings is 1. The normalized spacial score (nSPS) is 16.4. The minimum atomic E-state index is 0.557. The van der Waals surface area contributed by atoms with Crippen LogP contribution in [0, 0.1) is 4.77 Å². The number of ether oxygens (including phenoxy) is 1. The second-order valence-corrected chi connectivity index (χ2v) is 5.46. The summed E-state index contributed by atoms with van der Waals surface area (Å²) in [6.45, 7) is 4.08. The molecular formula is C13H15ClN4OS. The number of H-pyrrole nitrogens is 1. The van der Waals surface area contributed by atoms with Crippen LogP contribution in [0.25, 0.3) is 11.4 Å². The van der Waals surface area contributed by atoms with E-state index in [2.05, 4.69) is 15.0 Å². The van der Waals surface area contributed by atoms with E-state index in [-0.39, 0.29) is 0 Å². The predicted octanol–water partition coefficient (Wildman–Crippen LogP) is 2.55. The molecular weight excluding hydrogens is 296 g/mol. The molecule has 0 radical (unpaired) electrons. The summed E-state index contributed by atoms with van der Waals surface area (Å²) in [5, 5.41) is 3.95. The Morgan fingerprint density at radius 2 is 1.95 bits per heavy atom. The van der Waals surface area contributed by atoms with Crippen molar-refractivity contribution in [2.24, 2.45) is 0 Å². The zero-order valence-corrected chi connectivity index (χ0v) is 12.5. The minimum absolute atomic E-state index is 0.557. The van der Waals surface area contributed by atoms with E-state index < -0.39 is 0 Å². The van der Waals surface area contributed by atoms with Gasteiger partial charge in [0.1, 0.15) is 0 Å². The van der Waals surface area contributed by atoms with Gasteiger partial charge in [0.05, 0.1) is 19.9 Å². The Morgan fingerprint density at radius 3 is 2.65 bits per heavy atom. The van der Waals surface area contributed by atoms with Crippen LogP contribution in [0.2, 0.25) is 5.02 Å². The van der Waals surface area contributed by atoms with E-state index in [0.29, 0.717) is 16.5 Å². The standard InChI is InChI=1S/C13H15ClN4OS/c14-11-3-1-10(2-4-11)12-15-13(20)18(16-12)9-17-5-7-19-8-6-17/h1-4H,5-9H2,(H,15,16,20). The monoisotopic (exact) mass is 310 g/mol. The van der Waals surface area contributed by atoms with Crippen LogP contribution in [0.4, 0.5) is 0 Å². The summed E-state index contributed by atoms with van der Waals surface area (Å²) in [5.41, 5.74) is 0.973. The van der Waals surface area contributed by atoms with Gasteiger partial charge in [-0.3, -0.25) is 10.00 Å². The second kappa shape index (κ2) is 6.05. The second-order valence-electron chi connectivity index (χ2n) is 4.66. The summed E-state index contributed by atoms with van der Waals surface area (Å²) < 4.78 is 7.77. The highest BCUT2D eigenvalue weighted by molar-refractivity contribution is 7.71. The van der Waals surface area contributed by atoms with Crippen LogP contribution in [-0.2, 0) is 11.4 Å². The highest BCUT2D eigenvalue weighted by atomic mass is 35.5. The molecule has 1 fully saturated rings. The maximum Gasteiger partial charge on any atom is 0.217 e. The molecule has 2 heterocycles. The average Bonchev–Trinajstić information content (AvgIpc) is 2.82. The van der Waals surface area contributed by atoms with E-state index >= 15 is 0 Å². The van der Waals surface area contributed by atoms with Gasteiger partial charge in [-0.1, -0.05) is 11.6 Å². The van der Waals surface area contributed by atoms with Crippen molar-refractivity contribution in [1.82, 2.24) is 19.7 Å². The molecule has 0 amide bonds. The van der Waals surface area contributed by atoms with Crippen molar-refractivity contribution in [2.75, 3.05) is 26.3 Å². The lowest BCUT2D eigenvalue weighted by atomic mass is 10.2. The summed E-state index contributed by atoms with van der Waals surface area (Å²) in [4.78, 5) is 6.68. The molecule has 1 aromatic carbocycles. The first kappa shape index (κ1) is 13.8. The molecule has 0 aliphatic carbocycles. The highest BCUT2D eigenvalue weighted by Crippen LogP contribution is 2.18. The first-order chi connectivity index (χ1) is 9.72. The van der Waals surface area contributed by atoms with Crippen molar-refractivity contribution in [1.29, 1.82) is 0 Å². The van der Waals surface area contributed by atoms with Crippen LogP contribution in [0.1, 0.15) is 0 Å². The van der Waals surface area contributed by atoms with Crippen molar-refractivity contribution < 1.29 is 4.74 Å². The zero-order valence-electron chi connectivity index (χ0n) is 10.9. The quantitative estimate of drug-likeness (QED) is 0.885. The molecule has 1 N–H and O–H groups in total. The smallest absolute Gasteiger partial charge is 0.217 e. The largest absolute Gasteiger partial charge is 0.379 e. The molecule has 7 heteroatoms. The van der Waals surface area contributed by atoms with Crippen LogP contribution >= 0.6 is 23.8 Å². The molecule has 106 valence electrons. The number of benzene rings is 1. The summed E-state index contributed by atoms with van der Waals surface area (Å²) in [6, 6.07) is 7.54. The lowest BCUT2D eigenvalue weighted by molar-refractivity contribution is 0.0210. The van der Waals surface area contributed by atoms with Gasteiger partial charge in [0.15, 0.2) is 5.82 Å². The highest BCUT2D eigenvalue weighted by Gasteiger charge is 2.12. The van der Waals surface area contributed by atoms with E-state index in [0.717, 1.165) is 37.7 Å². The zero-order chi connectivity index (χ0) is 13.9. The van der Waals surface area contributed by atoms with Gasteiger partial charge >= 0.3 is 0 Å². The Balaban J connectivity index is 1.79. The fraction of sp³-hybridized carbons (Fsp3) is 0.385. The van der Waals surface area contributed by atoms with Crippen LogP contribution in [0.5, 0.6) is 0 Å². The third-order valence-electron chi connectivity index (χ3n) is 3.24. The molecule has 1 saturated heterocycles. The maximum atomic E-state index is 5.89. The third kappa shape index (κ3) is 3.09. The summed E-state index contributed by atoms with van der Waals surface area (Å²) in [6.07, 6.45) is 0. The predicted molar refractivity (Wildman–Crippen MR) is 80.2 cm³/mol. The molecule has 2 aromatic rings. The van der Waals surface area contributed by atoms with E-state index in [1.807, 2.05) is 28.9 Å². The molecule has 3 rings (SSSR count). The first-order valence-corrected chi connectivity index (χ1v) is 7.24. The van der Waals surface area contributed by atoms with Gasteiger partial charge in [0.2, 0.25) is 4.77 Å². The van der Waals surface area contributed by atoms with Gasteiger partial charge < -0.3 is 4.74 Å². The molecule has 0 spiro atoms. The number of nitrogens with one attached hydrogen (secondary N) is 1. The van der Waals surface area contributed by atoms with Gasteiger partial charge in [-0.25, -0.2) is 4.68 Å². The molecule has 0 saturated carbocycles. The number of hydrogen-bond acceptors (Lipinski definition) is 4. The average molecular weight is 311 g/mol. The molecule has 0 bridgehead atoms. The fourth-order valence-corrected chi connectivity index (χ4v) is 2.45. The van der Waals surface area contributed by atoms with Crippen molar-refractivity contribution >= 4 is 23.8 Å². The van der Waals surface area contributed by atoms with Crippen LogP contribution in [-0.4, -0.2) is 46.0 Å². The molecule has 1 aromatic heterocycles. The molecule has 0 atom stereocenters. The Morgan fingerprint density at radius 1 is 1.25 bits per heavy atom. The molecule has 5 nitrogen and oxygen atoms in total. The Bertz CT molecular complexity index is 631. The topological polar surface area (TPSA) is 46.1 Å². The fourth-order valence-electron chi connectivity index (χ4n) is 2.13. The lowest BCUT2D eigenvalue weighted by Crippen LogP contribution is -2.37. The number of aromatic amines is 1. The third-order valence-corrected chi connectivity index (χ3v) is 3.81. The number of halogens is 1. The van der Waals surface area contributed by atoms with Gasteiger partial charge in [-0.2, -0.15) is 4.98 Å². The molecule has 0 unspecified atom stereocenters. The van der Waals surface area contributed by atoms with Gasteiger partial charge in [-0.05, 0) is 36.5 Å². The summed E-state index contributed by atoms with van der Waals surface area (Å²) >= 11 is 11.2. The Labute approximate surface area is 127 Å². The van der Waals surface area contributed by atoms with E-state index in [9.17, 15) is 0 Å². The van der Waals surface area contributed by atoms with Crippen molar-refractivity contribution in [3.05, 3.63) is 34.1 Å². The minimum Gasteiger partial charge on any atom is -0.379 e. The summed E-state index contributed by atoms with van der Waals surface area (Å²) in [5.74, 6) is 0.764. The van der Waals surface area contributed by atoms with Crippen LogP contribution in [0.15, 0.2) is 24.3 Å². The number of hydrogen-bond donors (Lipinski definition) is 1. The molecule has 20 heavy (non-hydrogen) atoms. The van der Waals surface area contributed by atoms with E-state index in [1.165, 1.54) is 0 Å². The first-order valence-electron chi connectivity index (χ1n) is 6.45. The number of nitrogens with zero attached hydrogens (tertiary/aromatic N) is 3. The van der Waals surface area contributed by atoms with Crippen molar-refractivity contribution in [3.8, 4) is 11.4 Å². The van der Waals surface area contributed by atoms with Crippen molar-refractivity contribution in [2.45, 2.75) is 6.67 Å². The molecule has 1 aliphatic rings.